The molecule has 0 amide bonds. The van der Waals surface area contributed by atoms with Crippen LogP contribution in [0, 0.1) is 17.3 Å². The van der Waals surface area contributed by atoms with Crippen molar-refractivity contribution in [3.8, 4) is 0 Å². The molecule has 12 heavy (non-hydrogen) atoms. The van der Waals surface area contributed by atoms with Crippen LogP contribution in [-0.4, -0.2) is 12.8 Å². The van der Waals surface area contributed by atoms with E-state index in [0.29, 0.717) is 0 Å². The van der Waals surface area contributed by atoms with E-state index in [0.717, 1.165) is 12.8 Å². The normalized spacial score (nSPS) is 41.2. The Morgan fingerprint density at radius 2 is 2.00 bits per heavy atom. The maximum absolute atomic E-state index is 13.6. The van der Waals surface area contributed by atoms with E-state index < -0.39 is 12.8 Å². The molecule has 0 aromatic rings. The van der Waals surface area contributed by atoms with Crippen LogP contribution in [0.2, 0.25) is 0 Å². The van der Waals surface area contributed by atoms with Crippen LogP contribution in [0.5, 0.6) is 0 Å². The Balaban J connectivity index is 2.70. The number of halogens is 2. The molecule has 0 aromatic carbocycles. The van der Waals surface area contributed by atoms with E-state index in [1.807, 2.05) is 20.8 Å². The average molecular weight is 176 g/mol. The lowest BCUT2D eigenvalue weighted by Crippen LogP contribution is -2.41. The van der Waals surface area contributed by atoms with Gasteiger partial charge >= 0.3 is 0 Å². The van der Waals surface area contributed by atoms with Crippen LogP contribution in [0.4, 0.5) is 8.78 Å². The first-order valence-corrected chi connectivity index (χ1v) is 4.69. The summed E-state index contributed by atoms with van der Waals surface area (Å²) in [4.78, 5) is 0. The monoisotopic (exact) mass is 176 g/mol. The smallest absolute Gasteiger partial charge is 0.111 e. The molecule has 3 atom stereocenters. The summed E-state index contributed by atoms with van der Waals surface area (Å²) < 4.78 is 26.1. The lowest BCUT2D eigenvalue weighted by molar-refractivity contribution is -0.00666. The van der Waals surface area contributed by atoms with E-state index in [4.69, 9.17) is 0 Å². The molecule has 0 heterocycles. The molecule has 1 aliphatic carbocycles. The Morgan fingerprint density at radius 1 is 1.42 bits per heavy atom. The minimum Gasteiger partial charge on any atom is -0.251 e. The van der Waals surface area contributed by atoms with Gasteiger partial charge in [0.05, 0.1) is 6.67 Å². The van der Waals surface area contributed by atoms with Crippen LogP contribution in [0.15, 0.2) is 0 Å². The van der Waals surface area contributed by atoms with E-state index in [-0.39, 0.29) is 17.3 Å². The van der Waals surface area contributed by atoms with Crippen LogP contribution in [0.1, 0.15) is 33.6 Å². The highest BCUT2D eigenvalue weighted by atomic mass is 19.1. The zero-order valence-electron chi connectivity index (χ0n) is 8.11. The molecule has 2 heteroatoms. The summed E-state index contributed by atoms with van der Waals surface area (Å²) in [5.74, 6) is -0.160. The van der Waals surface area contributed by atoms with Gasteiger partial charge in [-0.15, -0.1) is 0 Å². The third-order valence-corrected chi connectivity index (χ3v) is 3.28. The van der Waals surface area contributed by atoms with Gasteiger partial charge in [-0.25, -0.2) is 4.39 Å². The van der Waals surface area contributed by atoms with Crippen molar-refractivity contribution >= 4 is 0 Å². The standard InChI is InChI=1S/C10H18F2/c1-7-4-5-10(2,3)9(12)8(7)6-11/h7-9H,4-6H2,1-3H3/t7?,8?,9-/m0/s1. The van der Waals surface area contributed by atoms with Crippen molar-refractivity contribution in [2.24, 2.45) is 17.3 Å². The van der Waals surface area contributed by atoms with Crippen molar-refractivity contribution in [2.75, 3.05) is 6.67 Å². The third kappa shape index (κ3) is 1.62. The molecule has 0 aliphatic heterocycles. The van der Waals surface area contributed by atoms with Crippen LogP contribution in [0.3, 0.4) is 0 Å². The second-order valence-corrected chi connectivity index (χ2v) is 4.72. The van der Waals surface area contributed by atoms with Crippen molar-refractivity contribution in [3.63, 3.8) is 0 Å². The summed E-state index contributed by atoms with van der Waals surface area (Å²) in [7, 11) is 0. The lowest BCUT2D eigenvalue weighted by atomic mass is 9.67. The Labute approximate surface area is 73.3 Å². The van der Waals surface area contributed by atoms with Gasteiger partial charge in [-0.1, -0.05) is 20.8 Å². The Morgan fingerprint density at radius 3 is 2.42 bits per heavy atom. The summed E-state index contributed by atoms with van der Waals surface area (Å²) in [6.45, 7) is 5.23. The van der Waals surface area contributed by atoms with Crippen molar-refractivity contribution in [1.82, 2.24) is 0 Å². The van der Waals surface area contributed by atoms with Gasteiger partial charge in [0.25, 0.3) is 0 Å². The summed E-state index contributed by atoms with van der Waals surface area (Å²) in [5.41, 5.74) is -0.316. The summed E-state index contributed by atoms with van der Waals surface area (Å²) in [6, 6.07) is 0. The molecule has 1 saturated carbocycles. The maximum Gasteiger partial charge on any atom is 0.111 e. The number of hydrogen-bond acceptors (Lipinski definition) is 0. The summed E-state index contributed by atoms with van der Waals surface area (Å²) in [5, 5.41) is 0. The molecule has 0 saturated heterocycles. The van der Waals surface area contributed by atoms with Crippen molar-refractivity contribution in [3.05, 3.63) is 0 Å². The van der Waals surface area contributed by atoms with Crippen molar-refractivity contribution in [1.29, 1.82) is 0 Å². The topological polar surface area (TPSA) is 0 Å². The lowest BCUT2D eigenvalue weighted by Gasteiger charge is -2.41. The first-order chi connectivity index (χ1) is 5.49. The van der Waals surface area contributed by atoms with Gasteiger partial charge in [0.1, 0.15) is 6.17 Å². The molecule has 0 nitrogen and oxygen atoms in total. The molecular formula is C10H18F2. The largest absolute Gasteiger partial charge is 0.251 e. The molecule has 0 bridgehead atoms. The molecule has 1 fully saturated rings. The minimum absolute atomic E-state index is 0.207. The number of rotatable bonds is 1. The molecule has 72 valence electrons. The predicted octanol–water partition coefficient (Wildman–Crippen LogP) is 3.37. The number of hydrogen-bond donors (Lipinski definition) is 0. The molecule has 1 rings (SSSR count). The molecule has 0 aromatic heterocycles. The Kier molecular flexibility index (Phi) is 2.74. The van der Waals surface area contributed by atoms with Gasteiger partial charge in [-0.3, -0.25) is 4.39 Å². The van der Waals surface area contributed by atoms with Gasteiger partial charge in [0.2, 0.25) is 0 Å². The second-order valence-electron chi connectivity index (χ2n) is 4.72. The fourth-order valence-corrected chi connectivity index (χ4v) is 2.05. The van der Waals surface area contributed by atoms with E-state index in [9.17, 15) is 8.78 Å². The minimum atomic E-state index is -0.966. The van der Waals surface area contributed by atoms with Gasteiger partial charge < -0.3 is 0 Å². The maximum atomic E-state index is 13.6. The SMILES string of the molecule is CC1CCC(C)(C)[C@@H](F)C1CF. The van der Waals surface area contributed by atoms with Crippen LogP contribution in [0.25, 0.3) is 0 Å². The van der Waals surface area contributed by atoms with Gasteiger partial charge in [-0.05, 0) is 24.2 Å². The van der Waals surface area contributed by atoms with Crippen LogP contribution >= 0.6 is 0 Å². The molecule has 2 unspecified atom stereocenters. The average Bonchev–Trinajstić information content (AvgIpc) is 2.00. The van der Waals surface area contributed by atoms with Crippen molar-refractivity contribution in [2.45, 2.75) is 39.8 Å². The second kappa shape index (κ2) is 3.31. The molecule has 0 radical (unpaired) electrons. The third-order valence-electron chi connectivity index (χ3n) is 3.28. The first kappa shape index (κ1) is 9.94. The van der Waals surface area contributed by atoms with E-state index in [1.54, 1.807) is 0 Å². The van der Waals surface area contributed by atoms with Crippen molar-refractivity contribution < 1.29 is 8.78 Å². The highest BCUT2D eigenvalue weighted by Gasteiger charge is 2.42. The molecule has 0 N–H and O–H groups in total. The van der Waals surface area contributed by atoms with Crippen LogP contribution in [-0.2, 0) is 0 Å². The zero-order valence-corrected chi connectivity index (χ0v) is 8.11. The predicted molar refractivity (Wildman–Crippen MR) is 46.5 cm³/mol. The highest BCUT2D eigenvalue weighted by molar-refractivity contribution is 4.91. The van der Waals surface area contributed by atoms with E-state index in [2.05, 4.69) is 0 Å². The molecule has 1 aliphatic rings. The van der Waals surface area contributed by atoms with Crippen LogP contribution < -0.4 is 0 Å². The highest BCUT2D eigenvalue weighted by Crippen LogP contribution is 2.43. The van der Waals surface area contributed by atoms with E-state index in [1.165, 1.54) is 0 Å². The summed E-state index contributed by atoms with van der Waals surface area (Å²) >= 11 is 0. The van der Waals surface area contributed by atoms with Gasteiger partial charge in [0, 0.05) is 5.92 Å². The fraction of sp³-hybridized carbons (Fsp3) is 1.00. The Bertz CT molecular complexity index is 154. The molecular weight excluding hydrogens is 158 g/mol. The fourth-order valence-electron chi connectivity index (χ4n) is 2.05. The number of alkyl halides is 2. The van der Waals surface area contributed by atoms with Gasteiger partial charge in [0.15, 0.2) is 0 Å². The zero-order chi connectivity index (χ0) is 9.35. The summed E-state index contributed by atoms with van der Waals surface area (Å²) in [6.07, 6.45) is 0.875. The Hall–Kier alpha value is -0.140. The van der Waals surface area contributed by atoms with Gasteiger partial charge in [-0.2, -0.15) is 0 Å². The molecule has 0 spiro atoms. The quantitative estimate of drug-likeness (QED) is 0.574. The van der Waals surface area contributed by atoms with E-state index >= 15 is 0 Å². The first-order valence-electron chi connectivity index (χ1n) is 4.69.